The lowest BCUT2D eigenvalue weighted by Crippen LogP contribution is -2.07. The van der Waals surface area contributed by atoms with Crippen LogP contribution in [-0.2, 0) is 0 Å². The fraction of sp³-hybridized carbons (Fsp3) is 0. The number of halogens is 1. The predicted octanol–water partition coefficient (Wildman–Crippen LogP) is 3.07. The topological polar surface area (TPSA) is 49.3 Å². The highest BCUT2D eigenvalue weighted by molar-refractivity contribution is 5.99. The molecule has 0 aliphatic rings. The lowest BCUT2D eigenvalue weighted by Gasteiger charge is -2.06. The first-order valence-corrected chi connectivity index (χ1v) is 4.35. The SMILES string of the molecule is O=C(O)Nc1cc(F)cc2ccccc12. The molecule has 76 valence electrons. The van der Waals surface area contributed by atoms with Gasteiger partial charge in [-0.2, -0.15) is 0 Å². The van der Waals surface area contributed by atoms with Crippen LogP contribution in [0.25, 0.3) is 10.8 Å². The molecule has 3 nitrogen and oxygen atoms in total. The lowest BCUT2D eigenvalue weighted by atomic mass is 10.1. The summed E-state index contributed by atoms with van der Waals surface area (Å²) in [6.07, 6.45) is -1.20. The zero-order valence-corrected chi connectivity index (χ0v) is 7.70. The van der Waals surface area contributed by atoms with E-state index in [2.05, 4.69) is 5.32 Å². The number of nitrogens with one attached hydrogen (secondary N) is 1. The fourth-order valence-electron chi connectivity index (χ4n) is 1.49. The quantitative estimate of drug-likeness (QED) is 0.751. The number of carboxylic acid groups (broad SMARTS) is 1. The highest BCUT2D eigenvalue weighted by Crippen LogP contribution is 2.24. The fourth-order valence-corrected chi connectivity index (χ4v) is 1.49. The number of fused-ring (bicyclic) bond motifs is 1. The van der Waals surface area contributed by atoms with Crippen molar-refractivity contribution in [2.75, 3.05) is 5.32 Å². The smallest absolute Gasteiger partial charge is 0.409 e. The van der Waals surface area contributed by atoms with Crippen LogP contribution in [0.4, 0.5) is 14.9 Å². The van der Waals surface area contributed by atoms with E-state index in [0.717, 1.165) is 6.07 Å². The zero-order valence-electron chi connectivity index (χ0n) is 7.70. The van der Waals surface area contributed by atoms with Crippen LogP contribution in [0.15, 0.2) is 36.4 Å². The first-order valence-electron chi connectivity index (χ1n) is 4.35. The van der Waals surface area contributed by atoms with Gasteiger partial charge in [0.1, 0.15) is 5.82 Å². The van der Waals surface area contributed by atoms with E-state index in [1.807, 2.05) is 0 Å². The van der Waals surface area contributed by atoms with Gasteiger partial charge in [0.2, 0.25) is 0 Å². The molecule has 15 heavy (non-hydrogen) atoms. The summed E-state index contributed by atoms with van der Waals surface area (Å²) in [6, 6.07) is 9.53. The van der Waals surface area contributed by atoms with E-state index in [4.69, 9.17) is 5.11 Å². The average molecular weight is 205 g/mol. The van der Waals surface area contributed by atoms with Crippen molar-refractivity contribution in [3.8, 4) is 0 Å². The van der Waals surface area contributed by atoms with Crippen molar-refractivity contribution in [3.05, 3.63) is 42.2 Å². The Kier molecular flexibility index (Phi) is 2.25. The summed E-state index contributed by atoms with van der Waals surface area (Å²) >= 11 is 0. The summed E-state index contributed by atoms with van der Waals surface area (Å²) < 4.78 is 13.1. The first-order chi connectivity index (χ1) is 7.16. The first kappa shape index (κ1) is 9.45. The Balaban J connectivity index is 2.65. The third kappa shape index (κ3) is 1.88. The van der Waals surface area contributed by atoms with Gasteiger partial charge in [0, 0.05) is 5.39 Å². The largest absolute Gasteiger partial charge is 0.465 e. The number of amides is 1. The predicted molar refractivity (Wildman–Crippen MR) is 55.6 cm³/mol. The minimum atomic E-state index is -1.20. The molecule has 0 fully saturated rings. The molecule has 2 aromatic carbocycles. The van der Waals surface area contributed by atoms with E-state index in [1.165, 1.54) is 6.07 Å². The average Bonchev–Trinajstić information content (AvgIpc) is 2.16. The molecule has 0 saturated carbocycles. The molecule has 0 aromatic heterocycles. The van der Waals surface area contributed by atoms with Crippen molar-refractivity contribution < 1.29 is 14.3 Å². The second kappa shape index (κ2) is 3.57. The van der Waals surface area contributed by atoms with Gasteiger partial charge in [-0.1, -0.05) is 24.3 Å². The maximum absolute atomic E-state index is 13.1. The molecule has 0 unspecified atom stereocenters. The van der Waals surface area contributed by atoms with Crippen molar-refractivity contribution in [2.24, 2.45) is 0 Å². The van der Waals surface area contributed by atoms with E-state index < -0.39 is 11.9 Å². The summed E-state index contributed by atoms with van der Waals surface area (Å²) in [7, 11) is 0. The van der Waals surface area contributed by atoms with Crippen LogP contribution < -0.4 is 5.32 Å². The molecule has 0 spiro atoms. The third-order valence-corrected chi connectivity index (χ3v) is 2.07. The van der Waals surface area contributed by atoms with Crippen LogP contribution in [0.1, 0.15) is 0 Å². The van der Waals surface area contributed by atoms with Crippen LogP contribution in [0, 0.1) is 5.82 Å². The van der Waals surface area contributed by atoms with Gasteiger partial charge >= 0.3 is 6.09 Å². The minimum Gasteiger partial charge on any atom is -0.465 e. The van der Waals surface area contributed by atoms with Crippen LogP contribution in [-0.4, -0.2) is 11.2 Å². The molecule has 0 saturated heterocycles. The number of benzene rings is 2. The molecular weight excluding hydrogens is 197 g/mol. The van der Waals surface area contributed by atoms with Crippen LogP contribution >= 0.6 is 0 Å². The summed E-state index contributed by atoms with van der Waals surface area (Å²) in [4.78, 5) is 10.5. The molecule has 4 heteroatoms. The van der Waals surface area contributed by atoms with Crippen molar-refractivity contribution in [1.82, 2.24) is 0 Å². The van der Waals surface area contributed by atoms with E-state index in [-0.39, 0.29) is 5.69 Å². The molecule has 0 radical (unpaired) electrons. The second-order valence-electron chi connectivity index (χ2n) is 3.10. The molecule has 0 heterocycles. The normalized spacial score (nSPS) is 10.2. The second-order valence-corrected chi connectivity index (χ2v) is 3.10. The van der Waals surface area contributed by atoms with Gasteiger partial charge in [-0.3, -0.25) is 5.32 Å². The van der Waals surface area contributed by atoms with Crippen LogP contribution in [0.3, 0.4) is 0 Å². The number of carbonyl (C=O) groups is 1. The molecule has 0 aliphatic carbocycles. The van der Waals surface area contributed by atoms with E-state index in [9.17, 15) is 9.18 Å². The Morgan fingerprint density at radius 3 is 2.73 bits per heavy atom. The van der Waals surface area contributed by atoms with Crippen molar-refractivity contribution in [3.63, 3.8) is 0 Å². The Morgan fingerprint density at radius 1 is 1.27 bits per heavy atom. The molecule has 2 rings (SSSR count). The van der Waals surface area contributed by atoms with Crippen LogP contribution in [0.2, 0.25) is 0 Å². The van der Waals surface area contributed by atoms with Crippen molar-refractivity contribution >= 4 is 22.6 Å². The zero-order chi connectivity index (χ0) is 10.8. The Labute approximate surface area is 85.1 Å². The highest BCUT2D eigenvalue weighted by Gasteiger charge is 2.05. The van der Waals surface area contributed by atoms with E-state index in [0.29, 0.717) is 10.8 Å². The Morgan fingerprint density at radius 2 is 2.00 bits per heavy atom. The van der Waals surface area contributed by atoms with E-state index in [1.54, 1.807) is 24.3 Å². The molecule has 2 aromatic rings. The summed E-state index contributed by atoms with van der Waals surface area (Å²) in [5.74, 6) is -0.461. The van der Waals surface area contributed by atoms with Gasteiger partial charge in [-0.05, 0) is 17.5 Å². The maximum Gasteiger partial charge on any atom is 0.409 e. The number of hydrogen-bond donors (Lipinski definition) is 2. The molecule has 2 N–H and O–H groups in total. The third-order valence-electron chi connectivity index (χ3n) is 2.07. The summed E-state index contributed by atoms with van der Waals surface area (Å²) in [5.41, 5.74) is 0.262. The van der Waals surface area contributed by atoms with Crippen LogP contribution in [0.5, 0.6) is 0 Å². The maximum atomic E-state index is 13.1. The number of rotatable bonds is 1. The Hall–Kier alpha value is -2.10. The van der Waals surface area contributed by atoms with Gasteiger partial charge in [-0.15, -0.1) is 0 Å². The number of anilines is 1. The highest BCUT2D eigenvalue weighted by atomic mass is 19.1. The standard InChI is InChI=1S/C11H8FNO2/c12-8-5-7-3-1-2-4-9(7)10(6-8)13-11(14)15/h1-6,13H,(H,14,15). The molecule has 0 atom stereocenters. The summed E-state index contributed by atoms with van der Waals surface area (Å²) in [5, 5.41) is 12.1. The monoisotopic (exact) mass is 205 g/mol. The molecule has 1 amide bonds. The van der Waals surface area contributed by atoms with E-state index >= 15 is 0 Å². The molecular formula is C11H8FNO2. The van der Waals surface area contributed by atoms with Gasteiger partial charge in [0.15, 0.2) is 0 Å². The Bertz CT molecular complexity index is 525. The molecule has 0 bridgehead atoms. The molecule has 0 aliphatic heterocycles. The van der Waals surface area contributed by atoms with Gasteiger partial charge < -0.3 is 5.11 Å². The van der Waals surface area contributed by atoms with Crippen molar-refractivity contribution in [2.45, 2.75) is 0 Å². The van der Waals surface area contributed by atoms with Gasteiger partial charge in [0.05, 0.1) is 5.69 Å². The minimum absolute atomic E-state index is 0.262. The summed E-state index contributed by atoms with van der Waals surface area (Å²) in [6.45, 7) is 0. The van der Waals surface area contributed by atoms with Gasteiger partial charge in [0.25, 0.3) is 0 Å². The van der Waals surface area contributed by atoms with Crippen molar-refractivity contribution in [1.29, 1.82) is 0 Å². The number of hydrogen-bond acceptors (Lipinski definition) is 1. The van der Waals surface area contributed by atoms with Gasteiger partial charge in [-0.25, -0.2) is 9.18 Å². The lowest BCUT2D eigenvalue weighted by molar-refractivity contribution is 0.210.